The van der Waals surface area contributed by atoms with Gasteiger partial charge in [-0.05, 0) is 38.0 Å². The van der Waals surface area contributed by atoms with Gasteiger partial charge in [-0.3, -0.25) is 0 Å². The normalized spacial score (nSPS) is 16.1. The zero-order valence-corrected chi connectivity index (χ0v) is 11.3. The van der Waals surface area contributed by atoms with Crippen molar-refractivity contribution in [2.75, 3.05) is 11.9 Å². The van der Waals surface area contributed by atoms with Crippen molar-refractivity contribution in [2.45, 2.75) is 45.1 Å². The maximum atomic E-state index is 11.7. The van der Waals surface area contributed by atoms with Gasteiger partial charge >= 0.3 is 5.97 Å². The minimum absolute atomic E-state index is 0.0346. The average molecular weight is 263 g/mol. The van der Waals surface area contributed by atoms with E-state index in [2.05, 4.69) is 5.32 Å². The summed E-state index contributed by atoms with van der Waals surface area (Å²) in [6, 6.07) is 5.47. The third kappa shape index (κ3) is 3.63. The highest BCUT2D eigenvalue weighted by atomic mass is 16.5. The molecule has 1 saturated carbocycles. The summed E-state index contributed by atoms with van der Waals surface area (Å²) in [5.41, 5.74) is 1.09. The molecule has 1 aromatic carbocycles. The number of ether oxygens (including phenoxy) is 1. The van der Waals surface area contributed by atoms with Crippen molar-refractivity contribution < 1.29 is 14.6 Å². The second kappa shape index (κ2) is 6.45. The van der Waals surface area contributed by atoms with Crippen LogP contribution in [0.5, 0.6) is 5.75 Å². The molecule has 4 nitrogen and oxygen atoms in total. The molecule has 1 aromatic rings. The Balaban J connectivity index is 2.08. The lowest BCUT2D eigenvalue weighted by Crippen LogP contribution is -2.22. The molecule has 2 rings (SSSR count). The first-order chi connectivity index (χ1) is 9.20. The predicted octanol–water partition coefficient (Wildman–Crippen LogP) is 3.31. The van der Waals surface area contributed by atoms with Gasteiger partial charge in [-0.15, -0.1) is 0 Å². The van der Waals surface area contributed by atoms with Crippen LogP contribution >= 0.6 is 0 Å². The molecule has 0 saturated heterocycles. The number of phenolic OH excluding ortho intramolecular Hbond substituents is 1. The Morgan fingerprint density at radius 3 is 2.79 bits per heavy atom. The molecule has 2 N–H and O–H groups in total. The van der Waals surface area contributed by atoms with E-state index in [4.69, 9.17) is 4.74 Å². The van der Waals surface area contributed by atoms with Gasteiger partial charge in [0.15, 0.2) is 0 Å². The minimum atomic E-state index is -0.479. The third-order valence-corrected chi connectivity index (χ3v) is 3.47. The van der Waals surface area contributed by atoms with Crippen molar-refractivity contribution in [1.29, 1.82) is 0 Å². The fourth-order valence-corrected chi connectivity index (χ4v) is 2.48. The SMILES string of the molecule is CCOC(=O)c1cc(NC2CCCCC2)ccc1O. The monoisotopic (exact) mass is 263 g/mol. The van der Waals surface area contributed by atoms with Gasteiger partial charge in [0, 0.05) is 11.7 Å². The van der Waals surface area contributed by atoms with Crippen molar-refractivity contribution in [1.82, 2.24) is 0 Å². The fraction of sp³-hybridized carbons (Fsp3) is 0.533. The van der Waals surface area contributed by atoms with E-state index in [0.29, 0.717) is 12.6 Å². The molecule has 0 atom stereocenters. The lowest BCUT2D eigenvalue weighted by atomic mass is 9.95. The molecular weight excluding hydrogens is 242 g/mol. The summed E-state index contributed by atoms with van der Waals surface area (Å²) in [6.45, 7) is 2.05. The molecule has 0 amide bonds. The number of hydrogen-bond donors (Lipinski definition) is 2. The molecule has 0 heterocycles. The van der Waals surface area contributed by atoms with Crippen molar-refractivity contribution in [2.24, 2.45) is 0 Å². The predicted molar refractivity (Wildman–Crippen MR) is 74.6 cm³/mol. The van der Waals surface area contributed by atoms with Gasteiger partial charge in [0.25, 0.3) is 0 Å². The first-order valence-corrected chi connectivity index (χ1v) is 6.97. The summed E-state index contributed by atoms with van der Waals surface area (Å²) >= 11 is 0. The van der Waals surface area contributed by atoms with Gasteiger partial charge in [0.2, 0.25) is 0 Å². The molecule has 0 bridgehead atoms. The van der Waals surface area contributed by atoms with E-state index in [0.717, 1.165) is 18.5 Å². The van der Waals surface area contributed by atoms with Crippen molar-refractivity contribution in [3.05, 3.63) is 23.8 Å². The molecule has 19 heavy (non-hydrogen) atoms. The number of anilines is 1. The van der Waals surface area contributed by atoms with Crippen LogP contribution in [-0.2, 0) is 4.74 Å². The van der Waals surface area contributed by atoms with Crippen LogP contribution in [0.3, 0.4) is 0 Å². The fourth-order valence-electron chi connectivity index (χ4n) is 2.48. The molecule has 104 valence electrons. The maximum Gasteiger partial charge on any atom is 0.341 e. The highest BCUT2D eigenvalue weighted by Gasteiger charge is 2.16. The number of phenols is 1. The van der Waals surface area contributed by atoms with E-state index < -0.39 is 5.97 Å². The quantitative estimate of drug-likeness (QED) is 0.646. The molecule has 0 spiro atoms. The van der Waals surface area contributed by atoms with Gasteiger partial charge in [-0.2, -0.15) is 0 Å². The average Bonchev–Trinajstić information content (AvgIpc) is 2.42. The van der Waals surface area contributed by atoms with Gasteiger partial charge in [0.05, 0.1) is 6.61 Å². The molecule has 0 unspecified atom stereocenters. The van der Waals surface area contributed by atoms with Crippen molar-refractivity contribution in [3.63, 3.8) is 0 Å². The molecule has 0 aromatic heterocycles. The van der Waals surface area contributed by atoms with Crippen molar-refractivity contribution in [3.8, 4) is 5.75 Å². The van der Waals surface area contributed by atoms with E-state index in [1.165, 1.54) is 25.3 Å². The highest BCUT2D eigenvalue weighted by molar-refractivity contribution is 5.93. The summed E-state index contributed by atoms with van der Waals surface area (Å²) in [5.74, 6) is -0.514. The third-order valence-electron chi connectivity index (χ3n) is 3.47. The smallest absolute Gasteiger partial charge is 0.341 e. The Labute approximate surface area is 113 Å². The lowest BCUT2D eigenvalue weighted by molar-refractivity contribution is 0.0523. The Kier molecular flexibility index (Phi) is 4.66. The number of nitrogens with one attached hydrogen (secondary N) is 1. The standard InChI is InChI=1S/C15H21NO3/c1-2-19-15(18)13-10-12(8-9-14(13)17)16-11-6-4-3-5-7-11/h8-11,16-17H,2-7H2,1H3. The van der Waals surface area contributed by atoms with Crippen LogP contribution in [0.4, 0.5) is 5.69 Å². The van der Waals surface area contributed by atoms with E-state index >= 15 is 0 Å². The lowest BCUT2D eigenvalue weighted by Gasteiger charge is -2.24. The van der Waals surface area contributed by atoms with Gasteiger partial charge in [-0.1, -0.05) is 19.3 Å². The Hall–Kier alpha value is -1.71. The number of hydrogen-bond acceptors (Lipinski definition) is 4. The van der Waals surface area contributed by atoms with Crippen LogP contribution < -0.4 is 5.32 Å². The number of carbonyl (C=O) groups excluding carboxylic acids is 1. The molecule has 0 radical (unpaired) electrons. The first kappa shape index (κ1) is 13.7. The van der Waals surface area contributed by atoms with Gasteiger partial charge in [-0.25, -0.2) is 4.79 Å². The molecule has 1 aliphatic rings. The van der Waals surface area contributed by atoms with Crippen LogP contribution in [0.2, 0.25) is 0 Å². The Morgan fingerprint density at radius 2 is 2.11 bits per heavy atom. The maximum absolute atomic E-state index is 11.7. The summed E-state index contributed by atoms with van der Waals surface area (Å²) in [6.07, 6.45) is 6.13. The van der Waals surface area contributed by atoms with Crippen LogP contribution in [0.15, 0.2) is 18.2 Å². The largest absolute Gasteiger partial charge is 0.507 e. The highest BCUT2D eigenvalue weighted by Crippen LogP contribution is 2.26. The number of esters is 1. The summed E-state index contributed by atoms with van der Waals surface area (Å²) in [7, 11) is 0. The second-order valence-electron chi connectivity index (χ2n) is 4.93. The number of benzene rings is 1. The summed E-state index contributed by atoms with van der Waals surface area (Å²) < 4.78 is 4.93. The molecule has 1 aliphatic carbocycles. The topological polar surface area (TPSA) is 58.6 Å². The first-order valence-electron chi connectivity index (χ1n) is 6.97. The molecule has 1 fully saturated rings. The number of carbonyl (C=O) groups is 1. The van der Waals surface area contributed by atoms with Gasteiger partial charge in [0.1, 0.15) is 11.3 Å². The second-order valence-corrected chi connectivity index (χ2v) is 4.93. The zero-order chi connectivity index (χ0) is 13.7. The summed E-state index contributed by atoms with van der Waals surface area (Å²) in [5, 5.41) is 13.1. The number of aromatic hydroxyl groups is 1. The van der Waals surface area contributed by atoms with Crippen LogP contribution in [0.25, 0.3) is 0 Å². The number of rotatable bonds is 4. The van der Waals surface area contributed by atoms with E-state index in [1.807, 2.05) is 0 Å². The van der Waals surface area contributed by atoms with Crippen LogP contribution in [-0.4, -0.2) is 23.7 Å². The van der Waals surface area contributed by atoms with Gasteiger partial charge < -0.3 is 15.2 Å². The van der Waals surface area contributed by atoms with E-state index in [1.54, 1.807) is 19.1 Å². The van der Waals surface area contributed by atoms with E-state index in [-0.39, 0.29) is 11.3 Å². The molecular formula is C15H21NO3. The molecule has 4 heteroatoms. The minimum Gasteiger partial charge on any atom is -0.507 e. The molecule has 0 aliphatic heterocycles. The van der Waals surface area contributed by atoms with Crippen molar-refractivity contribution >= 4 is 11.7 Å². The van der Waals surface area contributed by atoms with E-state index in [9.17, 15) is 9.90 Å². The van der Waals surface area contributed by atoms with Crippen LogP contribution in [0.1, 0.15) is 49.4 Å². The Morgan fingerprint density at radius 1 is 1.37 bits per heavy atom. The van der Waals surface area contributed by atoms with Crippen LogP contribution in [0, 0.1) is 0 Å². The Bertz CT molecular complexity index is 439. The zero-order valence-electron chi connectivity index (χ0n) is 11.3. The summed E-state index contributed by atoms with van der Waals surface area (Å²) in [4.78, 5) is 11.7.